The van der Waals surface area contributed by atoms with Crippen LogP contribution in [-0.4, -0.2) is 12.6 Å². The van der Waals surface area contributed by atoms with E-state index in [1.807, 2.05) is 30.3 Å². The highest BCUT2D eigenvalue weighted by molar-refractivity contribution is 9.10. The molecule has 0 radical (unpaired) electrons. The van der Waals surface area contributed by atoms with E-state index in [4.69, 9.17) is 4.74 Å². The number of hydrogen-bond acceptors (Lipinski definition) is 2. The number of halogens is 1. The van der Waals surface area contributed by atoms with Gasteiger partial charge in [-0.15, -0.1) is 0 Å². The quantitative estimate of drug-likeness (QED) is 0.733. The molecule has 126 valence electrons. The Hall–Kier alpha value is -1.81. The maximum Gasteiger partial charge on any atom is 0.407 e. The fraction of sp³-hybridized carbons (Fsp3) is 0.350. The summed E-state index contributed by atoms with van der Waals surface area (Å²) in [6, 6.07) is 18.1. The van der Waals surface area contributed by atoms with E-state index in [0.29, 0.717) is 25.0 Å². The third kappa shape index (κ3) is 4.60. The van der Waals surface area contributed by atoms with Gasteiger partial charge in [0.2, 0.25) is 0 Å². The molecule has 1 amide bonds. The van der Waals surface area contributed by atoms with Crippen LogP contribution in [0.5, 0.6) is 0 Å². The Morgan fingerprint density at radius 1 is 1.12 bits per heavy atom. The van der Waals surface area contributed by atoms with Gasteiger partial charge in [-0.3, -0.25) is 0 Å². The predicted molar refractivity (Wildman–Crippen MR) is 98.9 cm³/mol. The van der Waals surface area contributed by atoms with Crippen LogP contribution in [0.3, 0.4) is 0 Å². The summed E-state index contributed by atoms with van der Waals surface area (Å²) < 4.78 is 6.38. The Kier molecular flexibility index (Phi) is 5.91. The van der Waals surface area contributed by atoms with Gasteiger partial charge in [0.15, 0.2) is 0 Å². The van der Waals surface area contributed by atoms with Crippen molar-refractivity contribution in [2.45, 2.75) is 31.8 Å². The molecule has 0 saturated heterocycles. The van der Waals surface area contributed by atoms with Gasteiger partial charge < -0.3 is 10.1 Å². The molecule has 1 unspecified atom stereocenters. The molecule has 0 aliphatic heterocycles. The second-order valence-corrected chi connectivity index (χ2v) is 7.21. The second-order valence-electron chi connectivity index (χ2n) is 6.29. The molecule has 24 heavy (non-hydrogen) atoms. The lowest BCUT2D eigenvalue weighted by Crippen LogP contribution is -2.34. The molecule has 2 aromatic carbocycles. The molecule has 2 aromatic rings. The zero-order chi connectivity index (χ0) is 16.8. The molecule has 3 rings (SSSR count). The van der Waals surface area contributed by atoms with Crippen LogP contribution >= 0.6 is 15.9 Å². The third-order valence-corrected chi connectivity index (χ3v) is 5.22. The second kappa shape index (κ2) is 8.34. The summed E-state index contributed by atoms with van der Waals surface area (Å²) in [7, 11) is 0. The molecule has 1 fully saturated rings. The molecule has 1 aliphatic rings. The van der Waals surface area contributed by atoms with Gasteiger partial charge in [0.05, 0.1) is 0 Å². The first-order chi connectivity index (χ1) is 11.7. The largest absolute Gasteiger partial charge is 0.445 e. The van der Waals surface area contributed by atoms with E-state index >= 15 is 0 Å². The highest BCUT2D eigenvalue weighted by atomic mass is 79.9. The maximum absolute atomic E-state index is 12.0. The van der Waals surface area contributed by atoms with Crippen molar-refractivity contribution >= 4 is 22.0 Å². The average molecular weight is 388 g/mol. The zero-order valence-electron chi connectivity index (χ0n) is 13.6. The molecule has 0 aromatic heterocycles. The lowest BCUT2D eigenvalue weighted by atomic mass is 9.73. The molecule has 1 atom stereocenters. The average Bonchev–Trinajstić information content (AvgIpc) is 2.57. The van der Waals surface area contributed by atoms with E-state index < -0.39 is 0 Å². The van der Waals surface area contributed by atoms with Gasteiger partial charge in [0.25, 0.3) is 0 Å². The van der Waals surface area contributed by atoms with E-state index in [0.717, 1.165) is 10.0 Å². The van der Waals surface area contributed by atoms with Crippen molar-refractivity contribution in [3.05, 3.63) is 70.2 Å². The predicted octanol–water partition coefficient (Wildman–Crippen LogP) is 5.26. The summed E-state index contributed by atoms with van der Waals surface area (Å²) in [5.74, 6) is 1.01. The molecule has 1 aliphatic carbocycles. The van der Waals surface area contributed by atoms with Crippen molar-refractivity contribution in [3.8, 4) is 0 Å². The third-order valence-electron chi connectivity index (χ3n) is 4.70. The Labute approximate surface area is 151 Å². The van der Waals surface area contributed by atoms with Crippen LogP contribution in [0.2, 0.25) is 0 Å². The van der Waals surface area contributed by atoms with E-state index in [-0.39, 0.29) is 6.09 Å². The molecule has 0 spiro atoms. The van der Waals surface area contributed by atoms with Crippen LogP contribution in [-0.2, 0) is 11.3 Å². The van der Waals surface area contributed by atoms with Crippen molar-refractivity contribution < 1.29 is 9.53 Å². The lowest BCUT2D eigenvalue weighted by Gasteiger charge is -2.34. The van der Waals surface area contributed by atoms with Gasteiger partial charge in [0.1, 0.15) is 6.61 Å². The first kappa shape index (κ1) is 17.0. The number of hydrogen-bond donors (Lipinski definition) is 1. The van der Waals surface area contributed by atoms with E-state index in [9.17, 15) is 4.79 Å². The first-order valence-electron chi connectivity index (χ1n) is 8.42. The van der Waals surface area contributed by atoms with Gasteiger partial charge in [-0.1, -0.05) is 64.8 Å². The zero-order valence-corrected chi connectivity index (χ0v) is 15.2. The van der Waals surface area contributed by atoms with Gasteiger partial charge in [-0.2, -0.15) is 0 Å². The van der Waals surface area contributed by atoms with Crippen LogP contribution in [0.15, 0.2) is 59.1 Å². The van der Waals surface area contributed by atoms with Gasteiger partial charge in [-0.05, 0) is 42.0 Å². The highest BCUT2D eigenvalue weighted by Crippen LogP contribution is 2.39. The van der Waals surface area contributed by atoms with Gasteiger partial charge >= 0.3 is 6.09 Å². The normalized spacial score (nSPS) is 15.4. The van der Waals surface area contributed by atoms with Crippen LogP contribution in [0, 0.1) is 5.92 Å². The molecule has 3 nitrogen and oxygen atoms in total. The maximum atomic E-state index is 12.0. The molecule has 4 heteroatoms. The number of amides is 1. The van der Waals surface area contributed by atoms with Crippen molar-refractivity contribution in [2.24, 2.45) is 5.92 Å². The minimum absolute atomic E-state index is 0.305. The monoisotopic (exact) mass is 387 g/mol. The number of nitrogens with one attached hydrogen (secondary N) is 1. The fourth-order valence-electron chi connectivity index (χ4n) is 3.08. The Morgan fingerprint density at radius 3 is 2.46 bits per heavy atom. The Morgan fingerprint density at radius 2 is 1.83 bits per heavy atom. The standard InChI is InChI=1S/C20H22BrNO2/c21-18-11-9-17(10-12-18)19(16-7-4-8-16)13-22-20(23)24-14-15-5-2-1-3-6-15/h1-3,5-6,9-12,16,19H,4,7-8,13-14H2,(H,22,23). The van der Waals surface area contributed by atoms with E-state index in [2.05, 4.69) is 45.5 Å². The molecular formula is C20H22BrNO2. The Balaban J connectivity index is 1.53. The molecule has 1 N–H and O–H groups in total. The van der Waals surface area contributed by atoms with E-state index in [1.165, 1.54) is 24.8 Å². The lowest BCUT2D eigenvalue weighted by molar-refractivity contribution is 0.136. The number of carbonyl (C=O) groups excluding carboxylic acids is 1. The number of carbonyl (C=O) groups is 1. The molecular weight excluding hydrogens is 366 g/mol. The van der Waals surface area contributed by atoms with Crippen LogP contribution in [0.1, 0.15) is 36.3 Å². The summed E-state index contributed by atoms with van der Waals surface area (Å²) in [5, 5.41) is 2.94. The van der Waals surface area contributed by atoms with Crippen molar-refractivity contribution in [3.63, 3.8) is 0 Å². The smallest absolute Gasteiger partial charge is 0.407 e. The van der Waals surface area contributed by atoms with Crippen LogP contribution in [0.25, 0.3) is 0 Å². The summed E-state index contributed by atoms with van der Waals surface area (Å²) in [4.78, 5) is 12.0. The van der Waals surface area contributed by atoms with Crippen molar-refractivity contribution in [1.29, 1.82) is 0 Å². The minimum atomic E-state index is -0.347. The Bertz CT molecular complexity index is 653. The highest BCUT2D eigenvalue weighted by Gasteiger charge is 2.28. The summed E-state index contributed by atoms with van der Waals surface area (Å²) in [6.07, 6.45) is 3.42. The summed E-state index contributed by atoms with van der Waals surface area (Å²) in [6.45, 7) is 0.930. The van der Waals surface area contributed by atoms with E-state index in [1.54, 1.807) is 0 Å². The van der Waals surface area contributed by atoms with Crippen molar-refractivity contribution in [1.82, 2.24) is 5.32 Å². The molecule has 0 heterocycles. The van der Waals surface area contributed by atoms with Crippen molar-refractivity contribution in [2.75, 3.05) is 6.54 Å². The number of rotatable bonds is 6. The fourth-order valence-corrected chi connectivity index (χ4v) is 3.34. The molecule has 0 bridgehead atoms. The molecule has 1 saturated carbocycles. The SMILES string of the molecule is O=C(NCC(c1ccc(Br)cc1)C1CCC1)OCc1ccccc1. The number of alkyl carbamates (subject to hydrolysis) is 1. The topological polar surface area (TPSA) is 38.3 Å². The van der Waals surface area contributed by atoms with Crippen LogP contribution in [0.4, 0.5) is 4.79 Å². The summed E-state index contributed by atoms with van der Waals surface area (Å²) in [5.41, 5.74) is 2.28. The number of benzene rings is 2. The number of ether oxygens (including phenoxy) is 1. The summed E-state index contributed by atoms with van der Waals surface area (Å²) >= 11 is 3.48. The minimum Gasteiger partial charge on any atom is -0.445 e. The first-order valence-corrected chi connectivity index (χ1v) is 9.21. The van der Waals surface area contributed by atoms with Gasteiger partial charge in [-0.25, -0.2) is 4.79 Å². The van der Waals surface area contributed by atoms with Gasteiger partial charge in [0, 0.05) is 16.9 Å². The van der Waals surface area contributed by atoms with Crippen LogP contribution < -0.4 is 5.32 Å².